The number of hydrogen-bond donors (Lipinski definition) is 1. The molecule has 0 radical (unpaired) electrons. The Morgan fingerprint density at radius 2 is 1.88 bits per heavy atom. The van der Waals surface area contributed by atoms with Gasteiger partial charge in [-0.15, -0.1) is 13.2 Å². The van der Waals surface area contributed by atoms with E-state index in [0.29, 0.717) is 5.92 Å². The van der Waals surface area contributed by atoms with Crippen molar-refractivity contribution >= 4 is 10.0 Å². The van der Waals surface area contributed by atoms with Crippen LogP contribution in [0, 0.1) is 5.92 Å². The fraction of sp³-hybridized carbons (Fsp3) is 0.647. The molecule has 0 amide bonds. The first-order chi connectivity index (χ1) is 11.9. The van der Waals surface area contributed by atoms with Gasteiger partial charge in [-0.05, 0) is 57.1 Å². The Morgan fingerprint density at radius 1 is 1.27 bits per heavy atom. The Bertz CT molecular complexity index is 705. The minimum Gasteiger partial charge on any atom is -0.406 e. The molecule has 1 N–H and O–H groups in total. The Balaban J connectivity index is 2.10. The highest BCUT2D eigenvalue weighted by Crippen LogP contribution is 2.35. The summed E-state index contributed by atoms with van der Waals surface area (Å²) < 4.78 is 68.0. The van der Waals surface area contributed by atoms with Gasteiger partial charge in [0.1, 0.15) is 5.75 Å². The second-order valence-corrected chi connectivity index (χ2v) is 8.93. The topological polar surface area (TPSA) is 58.6 Å². The zero-order chi connectivity index (χ0) is 19.6. The number of alkyl halides is 3. The van der Waals surface area contributed by atoms with Crippen molar-refractivity contribution in [3.63, 3.8) is 0 Å². The molecule has 1 aromatic carbocycles. The van der Waals surface area contributed by atoms with Crippen molar-refractivity contribution in [2.24, 2.45) is 5.92 Å². The molecule has 0 aliphatic heterocycles. The van der Waals surface area contributed by atoms with Crippen molar-refractivity contribution in [3.8, 4) is 5.75 Å². The molecule has 0 bridgehead atoms. The highest BCUT2D eigenvalue weighted by molar-refractivity contribution is 7.89. The van der Waals surface area contributed by atoms with E-state index in [2.05, 4.69) is 21.3 Å². The number of nitrogens with one attached hydrogen (secondary N) is 1. The van der Waals surface area contributed by atoms with E-state index in [9.17, 15) is 21.6 Å². The van der Waals surface area contributed by atoms with Gasteiger partial charge < -0.3 is 9.64 Å². The van der Waals surface area contributed by atoms with E-state index in [0.717, 1.165) is 49.9 Å². The SMILES string of the molecule is C[C@H]1CCC[C@@](CNS(=O)(=O)c2ccc(OC(F)(F)F)cc2)(N(C)C)C1. The number of likely N-dealkylation sites (N-methyl/N-ethyl adjacent to an activating group) is 1. The van der Waals surface area contributed by atoms with Crippen molar-refractivity contribution in [2.75, 3.05) is 20.6 Å². The molecule has 0 heterocycles. The maximum atomic E-state index is 12.5. The molecular weight excluding hydrogens is 369 g/mol. The van der Waals surface area contributed by atoms with Crippen LogP contribution in [0.5, 0.6) is 5.75 Å². The highest BCUT2D eigenvalue weighted by Gasteiger charge is 2.38. The minimum atomic E-state index is -4.81. The van der Waals surface area contributed by atoms with Crippen LogP contribution in [-0.2, 0) is 10.0 Å². The zero-order valence-electron chi connectivity index (χ0n) is 15.1. The van der Waals surface area contributed by atoms with Crippen molar-refractivity contribution in [3.05, 3.63) is 24.3 Å². The van der Waals surface area contributed by atoms with Gasteiger partial charge in [-0.25, -0.2) is 13.1 Å². The number of benzene rings is 1. The molecule has 2 rings (SSSR count). The van der Waals surface area contributed by atoms with Crippen LogP contribution >= 0.6 is 0 Å². The molecule has 0 spiro atoms. The summed E-state index contributed by atoms with van der Waals surface area (Å²) in [4.78, 5) is 1.97. The van der Waals surface area contributed by atoms with Crippen LogP contribution in [0.3, 0.4) is 0 Å². The summed E-state index contributed by atoms with van der Waals surface area (Å²) in [5.41, 5.74) is -0.260. The smallest absolute Gasteiger partial charge is 0.406 e. The van der Waals surface area contributed by atoms with E-state index < -0.39 is 22.1 Å². The molecule has 1 aliphatic rings. The Labute approximate surface area is 152 Å². The Kier molecular flexibility index (Phi) is 6.24. The minimum absolute atomic E-state index is 0.0928. The molecule has 9 heteroatoms. The third kappa shape index (κ3) is 5.34. The number of hydrogen-bond acceptors (Lipinski definition) is 4. The normalized spacial score (nSPS) is 24.7. The summed E-state index contributed by atoms with van der Waals surface area (Å²) in [6.07, 6.45) is -0.867. The molecule has 1 fully saturated rings. The average molecular weight is 394 g/mol. The molecule has 0 unspecified atom stereocenters. The second kappa shape index (κ2) is 7.74. The van der Waals surface area contributed by atoms with Gasteiger partial charge in [-0.3, -0.25) is 0 Å². The average Bonchev–Trinajstić information content (AvgIpc) is 2.52. The highest BCUT2D eigenvalue weighted by atomic mass is 32.2. The quantitative estimate of drug-likeness (QED) is 0.804. The van der Waals surface area contributed by atoms with Crippen molar-refractivity contribution in [1.82, 2.24) is 9.62 Å². The molecule has 5 nitrogen and oxygen atoms in total. The maximum absolute atomic E-state index is 12.5. The van der Waals surface area contributed by atoms with Crippen molar-refractivity contribution in [1.29, 1.82) is 0 Å². The zero-order valence-corrected chi connectivity index (χ0v) is 16.0. The molecule has 1 aliphatic carbocycles. The van der Waals surface area contributed by atoms with E-state index in [1.54, 1.807) is 0 Å². The summed E-state index contributed by atoms with van der Waals surface area (Å²) >= 11 is 0. The first-order valence-electron chi connectivity index (χ1n) is 8.46. The maximum Gasteiger partial charge on any atom is 0.573 e. The van der Waals surface area contributed by atoms with Crippen molar-refractivity contribution < 1.29 is 26.3 Å². The third-order valence-corrected chi connectivity index (χ3v) is 6.39. The van der Waals surface area contributed by atoms with E-state index in [4.69, 9.17) is 0 Å². The van der Waals surface area contributed by atoms with Gasteiger partial charge >= 0.3 is 6.36 Å². The third-order valence-electron chi connectivity index (χ3n) is 4.98. The summed E-state index contributed by atoms with van der Waals surface area (Å²) in [7, 11) is 0.0575. The lowest BCUT2D eigenvalue weighted by molar-refractivity contribution is -0.274. The first kappa shape index (κ1) is 21.0. The van der Waals surface area contributed by atoms with E-state index in [-0.39, 0.29) is 17.0 Å². The Hall–Kier alpha value is -1.32. The molecule has 0 saturated heterocycles. The van der Waals surface area contributed by atoms with Crippen LogP contribution in [0.25, 0.3) is 0 Å². The Morgan fingerprint density at radius 3 is 2.38 bits per heavy atom. The molecule has 1 aromatic rings. The monoisotopic (exact) mass is 394 g/mol. The molecule has 26 heavy (non-hydrogen) atoms. The molecule has 1 saturated carbocycles. The standard InChI is InChI=1S/C17H25F3N2O3S/c1-13-5-4-10-16(11-13,22(2)3)12-21-26(23,24)15-8-6-14(7-9-15)25-17(18,19)20/h6-9,13,21H,4-5,10-12H2,1-3H3/t13-,16+/m0/s1. The van der Waals surface area contributed by atoms with Gasteiger partial charge in [0.15, 0.2) is 0 Å². The number of ether oxygens (including phenoxy) is 1. The molecule has 148 valence electrons. The van der Waals surface area contributed by atoms with Gasteiger partial charge in [0, 0.05) is 12.1 Å². The predicted molar refractivity (Wildman–Crippen MR) is 92.4 cm³/mol. The van der Waals surface area contributed by atoms with Crippen LogP contribution in [0.15, 0.2) is 29.2 Å². The fourth-order valence-electron chi connectivity index (χ4n) is 3.49. The molecule has 0 aromatic heterocycles. The lowest BCUT2D eigenvalue weighted by atomic mass is 9.75. The van der Waals surface area contributed by atoms with Gasteiger partial charge in [-0.1, -0.05) is 19.8 Å². The van der Waals surface area contributed by atoms with Gasteiger partial charge in [0.25, 0.3) is 0 Å². The number of sulfonamides is 1. The summed E-state index contributed by atoms with van der Waals surface area (Å²) in [5.74, 6) is 0.0526. The van der Waals surface area contributed by atoms with E-state index in [1.807, 2.05) is 14.1 Å². The molecular formula is C17H25F3N2O3S. The van der Waals surface area contributed by atoms with Gasteiger partial charge in [0.2, 0.25) is 10.0 Å². The molecule has 2 atom stereocenters. The van der Waals surface area contributed by atoms with Crippen LogP contribution in [0.2, 0.25) is 0 Å². The fourth-order valence-corrected chi connectivity index (χ4v) is 4.61. The first-order valence-corrected chi connectivity index (χ1v) is 9.95. The van der Waals surface area contributed by atoms with Gasteiger partial charge in [-0.2, -0.15) is 0 Å². The second-order valence-electron chi connectivity index (χ2n) is 7.16. The van der Waals surface area contributed by atoms with Crippen LogP contribution < -0.4 is 9.46 Å². The van der Waals surface area contributed by atoms with Crippen LogP contribution in [0.1, 0.15) is 32.6 Å². The lowest BCUT2D eigenvalue weighted by Crippen LogP contribution is -2.55. The van der Waals surface area contributed by atoms with E-state index >= 15 is 0 Å². The van der Waals surface area contributed by atoms with Crippen LogP contribution in [-0.4, -0.2) is 45.9 Å². The number of nitrogens with zero attached hydrogens (tertiary/aromatic N) is 1. The summed E-state index contributed by atoms with van der Waals surface area (Å²) in [6.45, 7) is 2.42. The van der Waals surface area contributed by atoms with Gasteiger partial charge in [0.05, 0.1) is 4.90 Å². The van der Waals surface area contributed by atoms with E-state index in [1.165, 1.54) is 0 Å². The van der Waals surface area contributed by atoms with Crippen molar-refractivity contribution in [2.45, 2.75) is 49.4 Å². The summed E-state index contributed by atoms with van der Waals surface area (Å²) in [5, 5.41) is 0. The largest absolute Gasteiger partial charge is 0.573 e. The predicted octanol–water partition coefficient (Wildman–Crippen LogP) is 3.37. The number of rotatable bonds is 6. The lowest BCUT2D eigenvalue weighted by Gasteiger charge is -2.45. The van der Waals surface area contributed by atoms with Crippen LogP contribution in [0.4, 0.5) is 13.2 Å². The number of halogens is 3. The summed E-state index contributed by atoms with van der Waals surface area (Å²) in [6, 6.07) is 4.20.